The normalized spacial score (nSPS) is 10.6. The average Bonchev–Trinajstić information content (AvgIpc) is 2.64. The van der Waals surface area contributed by atoms with E-state index in [1.165, 1.54) is 5.56 Å². The molecule has 132 valence electrons. The second kappa shape index (κ2) is 8.15. The predicted molar refractivity (Wildman–Crippen MR) is 117 cm³/mol. The summed E-state index contributed by atoms with van der Waals surface area (Å²) in [6.45, 7) is 6.40. The molecule has 0 amide bonds. The van der Waals surface area contributed by atoms with Crippen LogP contribution in [0.15, 0.2) is 78.9 Å². The summed E-state index contributed by atoms with van der Waals surface area (Å²) < 4.78 is 0. The smallest absolute Gasteiger partial charge is 0.0838 e. The zero-order valence-electron chi connectivity index (χ0n) is 15.4. The third-order valence-corrected chi connectivity index (χ3v) is 4.49. The summed E-state index contributed by atoms with van der Waals surface area (Å²) in [7, 11) is 0. The number of benzene rings is 3. The fourth-order valence-electron chi connectivity index (χ4n) is 3.05. The highest BCUT2D eigenvalue weighted by Gasteiger charge is 2.16. The Morgan fingerprint density at radius 3 is 2.00 bits per heavy atom. The Labute approximate surface area is 161 Å². The van der Waals surface area contributed by atoms with Crippen molar-refractivity contribution in [2.75, 3.05) is 10.2 Å². The van der Waals surface area contributed by atoms with E-state index in [0.717, 1.165) is 27.7 Å². The van der Waals surface area contributed by atoms with E-state index >= 15 is 0 Å². The molecule has 26 heavy (non-hydrogen) atoms. The van der Waals surface area contributed by atoms with E-state index in [4.69, 9.17) is 12.2 Å². The van der Waals surface area contributed by atoms with Gasteiger partial charge in [-0.2, -0.15) is 0 Å². The van der Waals surface area contributed by atoms with Crippen LogP contribution in [0.2, 0.25) is 0 Å². The van der Waals surface area contributed by atoms with Crippen LogP contribution in [0.1, 0.15) is 32.3 Å². The van der Waals surface area contributed by atoms with Gasteiger partial charge in [0.15, 0.2) is 0 Å². The summed E-state index contributed by atoms with van der Waals surface area (Å²) in [4.78, 5) is 2.98. The summed E-state index contributed by atoms with van der Waals surface area (Å²) in [6.07, 6.45) is 0. The molecule has 3 aromatic rings. The lowest BCUT2D eigenvalue weighted by molar-refractivity contribution is 0.866. The minimum atomic E-state index is 0.432. The number of thiocarbonyl (C=S) groups is 1. The first kappa shape index (κ1) is 18.2. The summed E-state index contributed by atoms with van der Waals surface area (Å²) in [5.74, 6) is 0.432. The van der Waals surface area contributed by atoms with Gasteiger partial charge in [0.05, 0.1) is 10.7 Å². The SMILES string of the molecule is CC(=S)N(c1ccc(Nc2ccccc2)cc1)c1ccccc1C(C)C. The molecular weight excluding hydrogens is 336 g/mol. The van der Waals surface area contributed by atoms with Crippen molar-refractivity contribution in [1.82, 2.24) is 0 Å². The largest absolute Gasteiger partial charge is 0.356 e. The lowest BCUT2D eigenvalue weighted by Crippen LogP contribution is -2.22. The number of hydrogen-bond acceptors (Lipinski definition) is 2. The molecule has 0 aliphatic heterocycles. The molecule has 0 spiro atoms. The third kappa shape index (κ3) is 4.12. The number of nitrogens with one attached hydrogen (secondary N) is 1. The fraction of sp³-hybridized carbons (Fsp3) is 0.174. The van der Waals surface area contributed by atoms with Crippen LogP contribution in [0.5, 0.6) is 0 Å². The maximum atomic E-state index is 5.58. The molecule has 0 bridgehead atoms. The van der Waals surface area contributed by atoms with E-state index in [1.54, 1.807) is 0 Å². The van der Waals surface area contributed by atoms with Gasteiger partial charge in [-0.1, -0.05) is 62.5 Å². The number of anilines is 4. The van der Waals surface area contributed by atoms with E-state index < -0.39 is 0 Å². The van der Waals surface area contributed by atoms with Crippen LogP contribution in [-0.2, 0) is 0 Å². The lowest BCUT2D eigenvalue weighted by atomic mass is 10.00. The minimum Gasteiger partial charge on any atom is -0.356 e. The van der Waals surface area contributed by atoms with Crippen molar-refractivity contribution in [2.24, 2.45) is 0 Å². The van der Waals surface area contributed by atoms with Gasteiger partial charge in [-0.25, -0.2) is 0 Å². The number of para-hydroxylation sites is 2. The Kier molecular flexibility index (Phi) is 5.69. The molecule has 0 unspecified atom stereocenters. The molecule has 0 saturated carbocycles. The summed E-state index contributed by atoms with van der Waals surface area (Å²) >= 11 is 5.58. The van der Waals surface area contributed by atoms with Crippen LogP contribution in [-0.4, -0.2) is 4.99 Å². The molecule has 0 heterocycles. The Morgan fingerprint density at radius 1 is 0.808 bits per heavy atom. The minimum absolute atomic E-state index is 0.432. The monoisotopic (exact) mass is 360 g/mol. The standard InChI is InChI=1S/C23H24N2S/c1-17(2)22-11-7-8-12-23(22)25(18(3)26)21-15-13-20(14-16-21)24-19-9-5-4-6-10-19/h4-17,24H,1-3H3. The molecule has 3 rings (SSSR count). The predicted octanol–water partition coefficient (Wildman–Crippen LogP) is 7.04. The highest BCUT2D eigenvalue weighted by molar-refractivity contribution is 7.80. The molecule has 0 aliphatic rings. The third-order valence-electron chi connectivity index (χ3n) is 4.30. The van der Waals surface area contributed by atoms with Crippen LogP contribution >= 0.6 is 12.2 Å². The Morgan fingerprint density at radius 2 is 1.38 bits per heavy atom. The average molecular weight is 361 g/mol. The molecular formula is C23H24N2S. The van der Waals surface area contributed by atoms with Gasteiger partial charge in [0.1, 0.15) is 0 Å². The number of hydrogen-bond donors (Lipinski definition) is 1. The molecule has 3 heteroatoms. The number of nitrogens with zero attached hydrogens (tertiary/aromatic N) is 1. The maximum absolute atomic E-state index is 5.58. The summed E-state index contributed by atoms with van der Waals surface area (Å²) in [5.41, 5.74) is 5.65. The highest BCUT2D eigenvalue weighted by atomic mass is 32.1. The van der Waals surface area contributed by atoms with E-state index in [-0.39, 0.29) is 0 Å². The molecule has 2 nitrogen and oxygen atoms in total. The van der Waals surface area contributed by atoms with Gasteiger partial charge in [-0.05, 0) is 60.9 Å². The summed E-state index contributed by atoms with van der Waals surface area (Å²) in [6, 6.07) is 27.0. The Balaban J connectivity index is 1.91. The van der Waals surface area contributed by atoms with Crippen molar-refractivity contribution < 1.29 is 0 Å². The topological polar surface area (TPSA) is 15.3 Å². The maximum Gasteiger partial charge on any atom is 0.0838 e. The quantitative estimate of drug-likeness (QED) is 0.491. The first-order valence-corrected chi connectivity index (χ1v) is 9.29. The van der Waals surface area contributed by atoms with Crippen molar-refractivity contribution in [3.63, 3.8) is 0 Å². The number of rotatable bonds is 5. The molecule has 0 atom stereocenters. The van der Waals surface area contributed by atoms with E-state index in [9.17, 15) is 0 Å². The fourth-order valence-corrected chi connectivity index (χ4v) is 3.26. The van der Waals surface area contributed by atoms with Crippen LogP contribution in [0.3, 0.4) is 0 Å². The molecule has 0 aromatic heterocycles. The second-order valence-corrected chi connectivity index (χ2v) is 7.20. The molecule has 0 fully saturated rings. The Bertz CT molecular complexity index is 870. The van der Waals surface area contributed by atoms with Gasteiger partial charge >= 0.3 is 0 Å². The van der Waals surface area contributed by atoms with Crippen molar-refractivity contribution >= 4 is 40.0 Å². The van der Waals surface area contributed by atoms with Crippen molar-refractivity contribution in [1.29, 1.82) is 0 Å². The molecule has 0 radical (unpaired) electrons. The van der Waals surface area contributed by atoms with Gasteiger partial charge in [0.2, 0.25) is 0 Å². The van der Waals surface area contributed by atoms with Crippen molar-refractivity contribution in [3.05, 3.63) is 84.4 Å². The first-order chi connectivity index (χ1) is 12.6. The van der Waals surface area contributed by atoms with Gasteiger partial charge in [-0.3, -0.25) is 0 Å². The second-order valence-electron chi connectivity index (χ2n) is 6.61. The Hall–Kier alpha value is -2.65. The zero-order valence-corrected chi connectivity index (χ0v) is 16.3. The van der Waals surface area contributed by atoms with Gasteiger partial charge in [0.25, 0.3) is 0 Å². The lowest BCUT2D eigenvalue weighted by Gasteiger charge is -2.27. The molecule has 0 aliphatic carbocycles. The van der Waals surface area contributed by atoms with E-state index in [1.807, 2.05) is 25.1 Å². The van der Waals surface area contributed by atoms with Gasteiger partial charge in [0, 0.05) is 17.1 Å². The van der Waals surface area contributed by atoms with E-state index in [0.29, 0.717) is 5.92 Å². The molecule has 3 aromatic carbocycles. The van der Waals surface area contributed by atoms with Crippen LogP contribution in [0, 0.1) is 0 Å². The molecule has 0 saturated heterocycles. The van der Waals surface area contributed by atoms with Crippen LogP contribution in [0.4, 0.5) is 22.7 Å². The van der Waals surface area contributed by atoms with E-state index in [2.05, 4.69) is 84.7 Å². The van der Waals surface area contributed by atoms with Crippen LogP contribution in [0.25, 0.3) is 0 Å². The van der Waals surface area contributed by atoms with Crippen molar-refractivity contribution in [2.45, 2.75) is 26.7 Å². The van der Waals surface area contributed by atoms with Gasteiger partial charge < -0.3 is 10.2 Å². The summed E-state index contributed by atoms with van der Waals surface area (Å²) in [5, 5.41) is 3.42. The highest BCUT2D eigenvalue weighted by Crippen LogP contribution is 2.34. The van der Waals surface area contributed by atoms with Crippen LogP contribution < -0.4 is 10.2 Å². The first-order valence-electron chi connectivity index (χ1n) is 8.88. The van der Waals surface area contributed by atoms with Gasteiger partial charge in [-0.15, -0.1) is 0 Å². The zero-order chi connectivity index (χ0) is 18.5. The van der Waals surface area contributed by atoms with Crippen molar-refractivity contribution in [3.8, 4) is 0 Å². The molecule has 1 N–H and O–H groups in total.